The topological polar surface area (TPSA) is 65.7 Å². The molecule has 5 heteroatoms. The molecule has 0 aliphatic rings. The fraction of sp³-hybridized carbons (Fsp3) is 0.600. The van der Waals surface area contributed by atoms with E-state index in [2.05, 4.69) is 5.32 Å². The highest BCUT2D eigenvalue weighted by molar-refractivity contribution is 5.71. The lowest BCUT2D eigenvalue weighted by Gasteiger charge is -2.14. The van der Waals surface area contributed by atoms with Crippen molar-refractivity contribution in [1.29, 1.82) is 0 Å². The summed E-state index contributed by atoms with van der Waals surface area (Å²) < 4.78 is 16.0. The lowest BCUT2D eigenvalue weighted by molar-refractivity contribution is 0.0765. The van der Waals surface area contributed by atoms with Crippen LogP contribution in [0.2, 0.25) is 0 Å². The van der Waals surface area contributed by atoms with Gasteiger partial charge in [-0.1, -0.05) is 0 Å². The minimum absolute atomic E-state index is 0.296. The largest absolute Gasteiger partial charge is 0.493 e. The number of nitrogens with one attached hydrogen (secondary N) is 1. The molecule has 5 nitrogen and oxygen atoms in total. The van der Waals surface area contributed by atoms with Gasteiger partial charge in [0.15, 0.2) is 11.5 Å². The minimum atomic E-state index is 0.296. The number of rotatable bonds is 9. The first-order chi connectivity index (χ1) is 9.58. The number of unbranched alkanes of at least 4 members (excludes halogenated alkanes) is 1. The van der Waals surface area contributed by atoms with E-state index >= 15 is 0 Å². The van der Waals surface area contributed by atoms with Gasteiger partial charge in [-0.2, -0.15) is 0 Å². The zero-order chi connectivity index (χ0) is 15.0. The summed E-state index contributed by atoms with van der Waals surface area (Å²) >= 11 is 0. The van der Waals surface area contributed by atoms with Crippen LogP contribution in [0.1, 0.15) is 26.7 Å². The molecule has 114 valence electrons. The Bertz CT molecular complexity index is 408. The van der Waals surface area contributed by atoms with E-state index in [-0.39, 0.29) is 0 Å². The molecule has 0 amide bonds. The predicted molar refractivity (Wildman–Crippen MR) is 82.8 cm³/mol. The maximum Gasteiger partial charge on any atom is 0.162 e. The van der Waals surface area contributed by atoms with Gasteiger partial charge in [0.05, 0.1) is 31.7 Å². The fourth-order valence-electron chi connectivity index (χ4n) is 1.82. The van der Waals surface area contributed by atoms with Crippen LogP contribution in [-0.4, -0.2) is 33.5 Å². The summed E-state index contributed by atoms with van der Waals surface area (Å²) in [5, 5.41) is 3.31. The summed E-state index contributed by atoms with van der Waals surface area (Å²) in [5.74, 6) is 1.31. The highest BCUT2D eigenvalue weighted by atomic mass is 16.5. The molecule has 20 heavy (non-hydrogen) atoms. The molecule has 1 aromatic carbocycles. The third kappa shape index (κ3) is 5.17. The van der Waals surface area contributed by atoms with Gasteiger partial charge in [-0.3, -0.25) is 0 Å². The van der Waals surface area contributed by atoms with Gasteiger partial charge in [0.2, 0.25) is 0 Å². The zero-order valence-corrected chi connectivity index (χ0v) is 12.9. The first kappa shape index (κ1) is 16.4. The van der Waals surface area contributed by atoms with E-state index in [1.165, 1.54) is 0 Å². The van der Waals surface area contributed by atoms with Crippen molar-refractivity contribution in [2.75, 3.05) is 38.4 Å². The van der Waals surface area contributed by atoms with Gasteiger partial charge in [-0.25, -0.2) is 0 Å². The third-order valence-corrected chi connectivity index (χ3v) is 2.89. The van der Waals surface area contributed by atoms with Gasteiger partial charge >= 0.3 is 0 Å². The van der Waals surface area contributed by atoms with E-state index < -0.39 is 0 Å². The average molecular weight is 282 g/mol. The summed E-state index contributed by atoms with van der Waals surface area (Å²) in [5.41, 5.74) is 7.50. The third-order valence-electron chi connectivity index (χ3n) is 2.89. The first-order valence-corrected chi connectivity index (χ1v) is 6.95. The Balaban J connectivity index is 2.43. The van der Waals surface area contributed by atoms with Gasteiger partial charge in [-0.15, -0.1) is 0 Å². The molecule has 0 saturated heterocycles. The number of hydrogen-bond donors (Lipinski definition) is 2. The molecule has 0 fully saturated rings. The second-order valence-corrected chi connectivity index (χ2v) is 4.85. The van der Waals surface area contributed by atoms with Crippen LogP contribution in [0.4, 0.5) is 11.4 Å². The summed E-state index contributed by atoms with van der Waals surface area (Å²) in [4.78, 5) is 0. The molecule has 0 aliphatic carbocycles. The van der Waals surface area contributed by atoms with Gasteiger partial charge in [0.25, 0.3) is 0 Å². The predicted octanol–water partition coefficient (Wildman–Crippen LogP) is 2.90. The maximum absolute atomic E-state index is 5.98. The van der Waals surface area contributed by atoms with Gasteiger partial charge in [0, 0.05) is 25.3 Å². The van der Waals surface area contributed by atoms with Crippen molar-refractivity contribution in [2.24, 2.45) is 0 Å². The molecule has 0 unspecified atom stereocenters. The van der Waals surface area contributed by atoms with Crippen LogP contribution in [0.3, 0.4) is 0 Å². The average Bonchev–Trinajstić information content (AvgIpc) is 2.43. The monoisotopic (exact) mass is 282 g/mol. The Morgan fingerprint density at radius 3 is 2.35 bits per heavy atom. The van der Waals surface area contributed by atoms with Crippen LogP contribution in [-0.2, 0) is 4.74 Å². The van der Waals surface area contributed by atoms with Crippen molar-refractivity contribution < 1.29 is 14.2 Å². The van der Waals surface area contributed by atoms with Crippen LogP contribution >= 0.6 is 0 Å². The summed E-state index contributed by atoms with van der Waals surface area (Å²) in [6.07, 6.45) is 2.35. The van der Waals surface area contributed by atoms with E-state index in [9.17, 15) is 0 Å². The van der Waals surface area contributed by atoms with Gasteiger partial charge < -0.3 is 25.3 Å². The fourth-order valence-corrected chi connectivity index (χ4v) is 1.82. The molecule has 3 N–H and O–H groups in total. The zero-order valence-electron chi connectivity index (χ0n) is 12.9. The standard InChI is InChI=1S/C15H26N2O3/c1-11(2)20-8-6-5-7-17-13-10-15(19-4)14(18-3)9-12(13)16/h9-11,17H,5-8,16H2,1-4H3. The molecular formula is C15H26N2O3. The van der Waals surface area contributed by atoms with Gasteiger partial charge in [-0.05, 0) is 26.7 Å². The Hall–Kier alpha value is -1.62. The van der Waals surface area contributed by atoms with E-state index in [1.807, 2.05) is 19.9 Å². The van der Waals surface area contributed by atoms with Crippen molar-refractivity contribution in [3.05, 3.63) is 12.1 Å². The summed E-state index contributed by atoms with van der Waals surface area (Å²) in [6, 6.07) is 3.63. The Labute approximate surface area is 121 Å². The van der Waals surface area contributed by atoms with E-state index in [4.69, 9.17) is 19.9 Å². The van der Waals surface area contributed by atoms with Crippen molar-refractivity contribution in [2.45, 2.75) is 32.8 Å². The lowest BCUT2D eigenvalue weighted by atomic mass is 10.2. The summed E-state index contributed by atoms with van der Waals surface area (Å²) in [6.45, 7) is 5.73. The van der Waals surface area contributed by atoms with Crippen molar-refractivity contribution >= 4 is 11.4 Å². The van der Waals surface area contributed by atoms with E-state index in [0.29, 0.717) is 23.3 Å². The van der Waals surface area contributed by atoms with E-state index in [0.717, 1.165) is 31.7 Å². The quantitative estimate of drug-likeness (QED) is 0.538. The van der Waals surface area contributed by atoms with Gasteiger partial charge in [0.1, 0.15) is 0 Å². The molecular weight excluding hydrogens is 256 g/mol. The highest BCUT2D eigenvalue weighted by Gasteiger charge is 2.08. The SMILES string of the molecule is COc1cc(N)c(NCCCCOC(C)C)cc1OC. The molecule has 0 saturated carbocycles. The van der Waals surface area contributed by atoms with Crippen LogP contribution in [0.25, 0.3) is 0 Å². The van der Waals surface area contributed by atoms with Crippen LogP contribution in [0.15, 0.2) is 12.1 Å². The molecule has 0 heterocycles. The Morgan fingerprint density at radius 1 is 1.10 bits per heavy atom. The number of nitrogen functional groups attached to an aromatic ring is 1. The van der Waals surface area contributed by atoms with Crippen molar-refractivity contribution in [1.82, 2.24) is 0 Å². The van der Waals surface area contributed by atoms with Crippen molar-refractivity contribution in [3.8, 4) is 11.5 Å². The molecule has 0 aromatic heterocycles. The Kier molecular flexibility index (Phi) is 7.01. The van der Waals surface area contributed by atoms with Crippen molar-refractivity contribution in [3.63, 3.8) is 0 Å². The molecule has 1 rings (SSSR count). The maximum atomic E-state index is 5.98. The molecule has 1 aromatic rings. The lowest BCUT2D eigenvalue weighted by Crippen LogP contribution is -2.08. The molecule has 0 radical (unpaired) electrons. The van der Waals surface area contributed by atoms with Crippen LogP contribution < -0.4 is 20.5 Å². The number of methoxy groups -OCH3 is 2. The smallest absolute Gasteiger partial charge is 0.162 e. The molecule has 0 atom stereocenters. The number of hydrogen-bond acceptors (Lipinski definition) is 5. The van der Waals surface area contributed by atoms with Crippen LogP contribution in [0.5, 0.6) is 11.5 Å². The second kappa shape index (κ2) is 8.53. The number of nitrogens with two attached hydrogens (primary N) is 1. The van der Waals surface area contributed by atoms with Crippen LogP contribution in [0, 0.1) is 0 Å². The highest BCUT2D eigenvalue weighted by Crippen LogP contribution is 2.34. The molecule has 0 spiro atoms. The minimum Gasteiger partial charge on any atom is -0.493 e. The second-order valence-electron chi connectivity index (χ2n) is 4.85. The molecule has 0 bridgehead atoms. The summed E-state index contributed by atoms with van der Waals surface area (Å²) in [7, 11) is 3.21. The number of benzene rings is 1. The first-order valence-electron chi connectivity index (χ1n) is 6.95. The number of anilines is 2. The number of ether oxygens (including phenoxy) is 3. The molecule has 0 aliphatic heterocycles. The normalized spacial score (nSPS) is 10.7. The Morgan fingerprint density at radius 2 is 1.75 bits per heavy atom. The van der Waals surface area contributed by atoms with E-state index in [1.54, 1.807) is 20.3 Å².